The molecular formula is C12H19N5O2. The van der Waals surface area contributed by atoms with Crippen molar-refractivity contribution in [3.8, 4) is 0 Å². The van der Waals surface area contributed by atoms with E-state index < -0.39 is 11.8 Å². The summed E-state index contributed by atoms with van der Waals surface area (Å²) in [7, 11) is 1.98. The Morgan fingerprint density at radius 2 is 2.05 bits per heavy atom. The van der Waals surface area contributed by atoms with Gasteiger partial charge in [-0.05, 0) is 26.4 Å². The van der Waals surface area contributed by atoms with Crippen LogP contribution in [-0.4, -0.2) is 39.9 Å². The molecule has 1 unspecified atom stereocenters. The number of carbonyl (C=O) groups is 2. The van der Waals surface area contributed by atoms with E-state index in [1.165, 1.54) is 0 Å². The lowest BCUT2D eigenvalue weighted by Crippen LogP contribution is -2.30. The van der Waals surface area contributed by atoms with Gasteiger partial charge in [0.1, 0.15) is 11.5 Å². The molecule has 2 rings (SSSR count). The van der Waals surface area contributed by atoms with E-state index in [1.807, 2.05) is 14.0 Å². The Morgan fingerprint density at radius 1 is 1.37 bits per heavy atom. The molecule has 4 N–H and O–H groups in total. The van der Waals surface area contributed by atoms with Crippen molar-refractivity contribution in [2.24, 2.45) is 11.5 Å². The quantitative estimate of drug-likeness (QED) is 0.790. The summed E-state index contributed by atoms with van der Waals surface area (Å²) in [6.45, 7) is 2.86. The molecule has 0 bridgehead atoms. The first-order valence-corrected chi connectivity index (χ1v) is 6.38. The minimum atomic E-state index is -0.720. The molecule has 19 heavy (non-hydrogen) atoms. The van der Waals surface area contributed by atoms with Gasteiger partial charge in [0.15, 0.2) is 5.69 Å². The van der Waals surface area contributed by atoms with Gasteiger partial charge in [0, 0.05) is 6.42 Å². The monoisotopic (exact) mass is 265 g/mol. The van der Waals surface area contributed by atoms with Gasteiger partial charge in [0.2, 0.25) is 0 Å². The number of likely N-dealkylation sites (tertiary alicyclic amines) is 1. The zero-order chi connectivity index (χ0) is 14.2. The molecule has 0 aromatic carbocycles. The Bertz CT molecular complexity index is 522. The first-order chi connectivity index (χ1) is 8.97. The summed E-state index contributed by atoms with van der Waals surface area (Å²) in [5, 5.41) is 0. The number of hydrogen-bond donors (Lipinski definition) is 2. The number of amides is 2. The van der Waals surface area contributed by atoms with Crippen LogP contribution in [0.5, 0.6) is 0 Å². The van der Waals surface area contributed by atoms with Crippen LogP contribution in [0.1, 0.15) is 52.7 Å². The summed E-state index contributed by atoms with van der Waals surface area (Å²) >= 11 is 0. The van der Waals surface area contributed by atoms with Crippen LogP contribution in [0.2, 0.25) is 0 Å². The highest BCUT2D eigenvalue weighted by molar-refractivity contribution is 6.04. The highest BCUT2D eigenvalue weighted by Crippen LogP contribution is 2.29. The normalized spacial score (nSPS) is 19.8. The second-order valence-corrected chi connectivity index (χ2v) is 4.78. The lowest BCUT2D eigenvalue weighted by molar-refractivity contribution is 0.0952. The van der Waals surface area contributed by atoms with Crippen LogP contribution in [-0.2, 0) is 6.42 Å². The number of aromatic nitrogens is 2. The Hall–Kier alpha value is -1.89. The third-order valence-electron chi connectivity index (χ3n) is 3.55. The van der Waals surface area contributed by atoms with Crippen LogP contribution in [0.4, 0.5) is 0 Å². The number of nitrogens with two attached hydrogens (primary N) is 2. The van der Waals surface area contributed by atoms with Crippen LogP contribution in [0.25, 0.3) is 0 Å². The van der Waals surface area contributed by atoms with Crippen LogP contribution < -0.4 is 11.5 Å². The van der Waals surface area contributed by atoms with Gasteiger partial charge >= 0.3 is 0 Å². The Kier molecular flexibility index (Phi) is 3.57. The maximum atomic E-state index is 11.7. The molecule has 7 heteroatoms. The second kappa shape index (κ2) is 5.00. The molecule has 1 aromatic rings. The predicted octanol–water partition coefficient (Wildman–Crippen LogP) is -0.132. The third kappa shape index (κ3) is 2.21. The minimum absolute atomic E-state index is 0.0121. The lowest BCUT2D eigenvalue weighted by Gasteiger charge is -2.24. The Balaban J connectivity index is 2.62. The van der Waals surface area contributed by atoms with Gasteiger partial charge in [0.05, 0.1) is 6.17 Å². The van der Waals surface area contributed by atoms with E-state index in [1.54, 1.807) is 4.57 Å². The number of rotatable bonds is 4. The molecule has 104 valence electrons. The largest absolute Gasteiger partial charge is 0.364 e. The summed E-state index contributed by atoms with van der Waals surface area (Å²) < 4.78 is 1.77. The average Bonchev–Trinajstić information content (AvgIpc) is 2.91. The zero-order valence-electron chi connectivity index (χ0n) is 11.2. The summed E-state index contributed by atoms with van der Waals surface area (Å²) in [4.78, 5) is 29.4. The van der Waals surface area contributed by atoms with Gasteiger partial charge in [-0.2, -0.15) is 0 Å². The number of nitrogens with zero attached hydrogens (tertiary/aromatic N) is 3. The molecule has 7 nitrogen and oxygen atoms in total. The topological polar surface area (TPSA) is 107 Å². The van der Waals surface area contributed by atoms with Gasteiger partial charge in [-0.3, -0.25) is 14.5 Å². The molecule has 0 spiro atoms. The summed E-state index contributed by atoms with van der Waals surface area (Å²) in [6, 6.07) is 0. The molecule has 1 fully saturated rings. The van der Waals surface area contributed by atoms with Crippen molar-refractivity contribution in [1.29, 1.82) is 0 Å². The fourth-order valence-electron chi connectivity index (χ4n) is 2.68. The summed E-state index contributed by atoms with van der Waals surface area (Å²) in [5.41, 5.74) is 10.8. The first kappa shape index (κ1) is 13.5. The van der Waals surface area contributed by atoms with Crippen LogP contribution in [0.3, 0.4) is 0 Å². The molecule has 1 atom stereocenters. The first-order valence-electron chi connectivity index (χ1n) is 6.38. The van der Waals surface area contributed by atoms with Crippen molar-refractivity contribution in [1.82, 2.24) is 14.5 Å². The highest BCUT2D eigenvalue weighted by Gasteiger charge is 2.31. The van der Waals surface area contributed by atoms with Crippen molar-refractivity contribution in [2.45, 2.75) is 32.4 Å². The summed E-state index contributed by atoms with van der Waals surface area (Å²) in [5.74, 6) is -0.717. The SMILES string of the molecule is CCc1nc(C(N)=O)c(C(N)=O)n1C1CCCN1C. The fraction of sp³-hybridized carbons (Fsp3) is 0.583. The van der Waals surface area contributed by atoms with Crippen molar-refractivity contribution in [3.63, 3.8) is 0 Å². The van der Waals surface area contributed by atoms with Crippen LogP contribution >= 0.6 is 0 Å². The second-order valence-electron chi connectivity index (χ2n) is 4.78. The van der Waals surface area contributed by atoms with Crippen LogP contribution in [0.15, 0.2) is 0 Å². The van der Waals surface area contributed by atoms with E-state index >= 15 is 0 Å². The van der Waals surface area contributed by atoms with Gasteiger partial charge < -0.3 is 16.0 Å². The number of primary amides is 2. The van der Waals surface area contributed by atoms with Gasteiger partial charge in [-0.25, -0.2) is 4.98 Å². The fourth-order valence-corrected chi connectivity index (χ4v) is 2.68. The van der Waals surface area contributed by atoms with Gasteiger partial charge in [0.25, 0.3) is 11.8 Å². The summed E-state index contributed by atoms with van der Waals surface area (Å²) in [6.07, 6.45) is 2.56. The van der Waals surface area contributed by atoms with E-state index in [0.717, 1.165) is 19.4 Å². The minimum Gasteiger partial charge on any atom is -0.364 e. The molecular weight excluding hydrogens is 246 g/mol. The molecule has 2 amide bonds. The molecule has 0 aliphatic carbocycles. The zero-order valence-corrected chi connectivity index (χ0v) is 11.2. The lowest BCUT2D eigenvalue weighted by atomic mass is 10.2. The molecule has 1 saturated heterocycles. The Labute approximate surface area is 111 Å². The van der Waals surface area contributed by atoms with E-state index in [-0.39, 0.29) is 17.6 Å². The number of carbonyl (C=O) groups excluding carboxylic acids is 2. The van der Waals surface area contributed by atoms with E-state index in [9.17, 15) is 9.59 Å². The number of aryl methyl sites for hydroxylation is 1. The van der Waals surface area contributed by atoms with Crippen molar-refractivity contribution >= 4 is 11.8 Å². The average molecular weight is 265 g/mol. The predicted molar refractivity (Wildman–Crippen MR) is 69.5 cm³/mol. The standard InChI is InChI=1S/C12H19N5O2/c1-3-7-15-9(11(13)18)10(12(14)19)17(7)8-5-4-6-16(8)2/h8H,3-6H2,1-2H3,(H2,13,18)(H2,14,19). The number of hydrogen-bond acceptors (Lipinski definition) is 4. The molecule has 1 aliphatic heterocycles. The van der Waals surface area contributed by atoms with Crippen molar-refractivity contribution in [2.75, 3.05) is 13.6 Å². The van der Waals surface area contributed by atoms with Crippen LogP contribution in [0, 0.1) is 0 Å². The maximum absolute atomic E-state index is 11.7. The Morgan fingerprint density at radius 3 is 2.47 bits per heavy atom. The smallest absolute Gasteiger partial charge is 0.269 e. The maximum Gasteiger partial charge on any atom is 0.269 e. The molecule has 0 saturated carbocycles. The van der Waals surface area contributed by atoms with E-state index in [0.29, 0.717) is 12.2 Å². The third-order valence-corrected chi connectivity index (χ3v) is 3.55. The molecule has 0 radical (unpaired) electrons. The van der Waals surface area contributed by atoms with E-state index in [2.05, 4.69) is 9.88 Å². The van der Waals surface area contributed by atoms with Gasteiger partial charge in [-0.1, -0.05) is 6.92 Å². The molecule has 1 aromatic heterocycles. The highest BCUT2D eigenvalue weighted by atomic mass is 16.2. The van der Waals surface area contributed by atoms with E-state index in [4.69, 9.17) is 11.5 Å². The number of imidazole rings is 1. The van der Waals surface area contributed by atoms with Gasteiger partial charge in [-0.15, -0.1) is 0 Å². The molecule has 1 aliphatic rings. The van der Waals surface area contributed by atoms with Crippen molar-refractivity contribution < 1.29 is 9.59 Å². The molecule has 2 heterocycles. The van der Waals surface area contributed by atoms with Crippen molar-refractivity contribution in [3.05, 3.63) is 17.2 Å².